The minimum Gasteiger partial charge on any atom is -0.507 e. The maximum atomic E-state index is 12.5. The molecule has 4 aromatic carbocycles. The summed E-state index contributed by atoms with van der Waals surface area (Å²) in [5, 5.41) is 26.7. The Morgan fingerprint density at radius 1 is 1.11 bits per heavy atom. The number of hydrazone groups is 1. The number of rotatable bonds is 8. The molecule has 0 atom stereocenters. The van der Waals surface area contributed by atoms with E-state index in [1.54, 1.807) is 30.3 Å². The summed E-state index contributed by atoms with van der Waals surface area (Å²) < 4.78 is 11.9. The zero-order valence-electron chi connectivity index (χ0n) is 19.0. The molecule has 9 nitrogen and oxygen atoms in total. The summed E-state index contributed by atoms with van der Waals surface area (Å²) in [4.78, 5) is 22.9. The molecule has 0 radical (unpaired) electrons. The third kappa shape index (κ3) is 5.61. The first-order valence-electron chi connectivity index (χ1n) is 10.6. The average molecular weight is 550 g/mol. The van der Waals surface area contributed by atoms with Gasteiger partial charge in [0, 0.05) is 12.1 Å². The number of fused-ring (bicyclic) bond motifs is 1. The van der Waals surface area contributed by atoms with E-state index >= 15 is 0 Å². The van der Waals surface area contributed by atoms with Crippen LogP contribution >= 0.6 is 15.9 Å². The first-order chi connectivity index (χ1) is 17.4. The minimum atomic E-state index is -0.552. The van der Waals surface area contributed by atoms with Crippen LogP contribution in [0.1, 0.15) is 21.5 Å². The number of nitro groups is 1. The summed E-state index contributed by atoms with van der Waals surface area (Å²) in [5.74, 6) is 0.174. The van der Waals surface area contributed by atoms with Gasteiger partial charge >= 0.3 is 0 Å². The Kier molecular flexibility index (Phi) is 7.45. The number of ether oxygens (including phenoxy) is 2. The molecule has 0 aliphatic rings. The predicted molar refractivity (Wildman–Crippen MR) is 139 cm³/mol. The average Bonchev–Trinajstić information content (AvgIpc) is 2.87. The fourth-order valence-corrected chi connectivity index (χ4v) is 4.03. The van der Waals surface area contributed by atoms with E-state index < -0.39 is 10.8 Å². The highest BCUT2D eigenvalue weighted by Gasteiger charge is 2.14. The highest BCUT2D eigenvalue weighted by molar-refractivity contribution is 9.10. The lowest BCUT2D eigenvalue weighted by atomic mass is 10.1. The van der Waals surface area contributed by atoms with Gasteiger partial charge in [0.25, 0.3) is 11.6 Å². The first-order valence-corrected chi connectivity index (χ1v) is 11.4. The maximum absolute atomic E-state index is 12.5. The molecule has 0 heterocycles. The van der Waals surface area contributed by atoms with Crippen molar-refractivity contribution in [1.82, 2.24) is 5.43 Å². The lowest BCUT2D eigenvalue weighted by Gasteiger charge is -2.13. The highest BCUT2D eigenvalue weighted by atomic mass is 79.9. The van der Waals surface area contributed by atoms with Crippen molar-refractivity contribution in [3.63, 3.8) is 0 Å². The SMILES string of the molecule is COc1cc(C=NNC(=O)c2cc3ccccc3cc2O)cc(Br)c1OCc1ccc([N+](=O)[O-])cc1. The van der Waals surface area contributed by atoms with Crippen LogP contribution < -0.4 is 14.9 Å². The topological polar surface area (TPSA) is 123 Å². The number of nitro benzene ring substituents is 1. The number of phenols is 1. The predicted octanol–water partition coefficient (Wildman–Crippen LogP) is 5.57. The number of nitrogens with zero attached hydrogens (tertiary/aromatic N) is 2. The van der Waals surface area contributed by atoms with Gasteiger partial charge in [-0.15, -0.1) is 0 Å². The summed E-state index contributed by atoms with van der Waals surface area (Å²) in [7, 11) is 1.49. The Labute approximate surface area is 214 Å². The van der Waals surface area contributed by atoms with Gasteiger partial charge in [0.05, 0.1) is 28.3 Å². The Morgan fingerprint density at radius 2 is 1.81 bits per heavy atom. The molecule has 2 N–H and O–H groups in total. The van der Waals surface area contributed by atoms with Gasteiger partial charge < -0.3 is 14.6 Å². The Balaban J connectivity index is 1.45. The molecule has 4 rings (SSSR count). The van der Waals surface area contributed by atoms with E-state index in [0.29, 0.717) is 21.5 Å². The standard InChI is InChI=1S/C26H20BrN3O6/c1-35-24-11-17(10-22(27)25(24)36-15-16-6-8-20(9-7-16)30(33)34)14-28-29-26(32)21-12-18-4-2-3-5-19(18)13-23(21)31/h2-14,31H,15H2,1H3,(H,29,32). The van der Waals surface area contributed by atoms with Gasteiger partial charge in [-0.1, -0.05) is 24.3 Å². The van der Waals surface area contributed by atoms with E-state index in [-0.39, 0.29) is 23.6 Å². The van der Waals surface area contributed by atoms with Crippen LogP contribution in [0.3, 0.4) is 0 Å². The fourth-order valence-electron chi connectivity index (χ4n) is 3.46. The molecule has 0 saturated carbocycles. The van der Waals surface area contributed by atoms with E-state index in [4.69, 9.17) is 9.47 Å². The van der Waals surface area contributed by atoms with Crippen molar-refractivity contribution in [2.45, 2.75) is 6.61 Å². The molecular formula is C26H20BrN3O6. The second-order valence-corrected chi connectivity index (χ2v) is 8.52. The van der Waals surface area contributed by atoms with Crippen LogP contribution in [0, 0.1) is 10.1 Å². The maximum Gasteiger partial charge on any atom is 0.275 e. The van der Waals surface area contributed by atoms with Gasteiger partial charge in [0.15, 0.2) is 11.5 Å². The lowest BCUT2D eigenvalue weighted by Crippen LogP contribution is -2.17. The zero-order valence-corrected chi connectivity index (χ0v) is 20.6. The summed E-state index contributed by atoms with van der Waals surface area (Å²) in [6.07, 6.45) is 1.43. The molecule has 10 heteroatoms. The first kappa shape index (κ1) is 24.7. The van der Waals surface area contributed by atoms with Gasteiger partial charge in [-0.05, 0) is 74.2 Å². The second kappa shape index (κ2) is 10.9. The van der Waals surface area contributed by atoms with Crippen LogP contribution in [0.4, 0.5) is 5.69 Å². The summed E-state index contributed by atoms with van der Waals surface area (Å²) >= 11 is 3.46. The van der Waals surface area contributed by atoms with Crippen molar-refractivity contribution in [3.05, 3.63) is 104 Å². The van der Waals surface area contributed by atoms with Crippen LogP contribution in [-0.4, -0.2) is 29.3 Å². The summed E-state index contributed by atoms with van der Waals surface area (Å²) in [5.41, 5.74) is 3.90. The third-order valence-electron chi connectivity index (χ3n) is 5.27. The number of halogens is 1. The van der Waals surface area contributed by atoms with Crippen molar-refractivity contribution in [2.75, 3.05) is 7.11 Å². The molecule has 182 valence electrons. The van der Waals surface area contributed by atoms with Crippen molar-refractivity contribution in [2.24, 2.45) is 5.10 Å². The zero-order chi connectivity index (χ0) is 25.7. The molecule has 0 aromatic heterocycles. The molecule has 0 aliphatic heterocycles. The third-order valence-corrected chi connectivity index (χ3v) is 5.86. The van der Waals surface area contributed by atoms with Gasteiger partial charge in [-0.2, -0.15) is 5.10 Å². The number of methoxy groups -OCH3 is 1. The van der Waals surface area contributed by atoms with Crippen LogP contribution in [0.2, 0.25) is 0 Å². The van der Waals surface area contributed by atoms with Gasteiger partial charge in [-0.3, -0.25) is 14.9 Å². The Morgan fingerprint density at radius 3 is 2.47 bits per heavy atom. The molecule has 0 bridgehead atoms. The molecule has 0 aliphatic carbocycles. The monoisotopic (exact) mass is 549 g/mol. The van der Waals surface area contributed by atoms with Gasteiger partial charge in [0.2, 0.25) is 0 Å². The van der Waals surface area contributed by atoms with E-state index in [1.807, 2.05) is 24.3 Å². The molecule has 0 saturated heterocycles. The molecule has 4 aromatic rings. The van der Waals surface area contributed by atoms with Gasteiger partial charge in [0.1, 0.15) is 12.4 Å². The second-order valence-electron chi connectivity index (χ2n) is 7.66. The molecule has 36 heavy (non-hydrogen) atoms. The number of amides is 1. The minimum absolute atomic E-state index is 0.00377. The van der Waals surface area contributed by atoms with Crippen molar-refractivity contribution < 1.29 is 24.3 Å². The van der Waals surface area contributed by atoms with E-state index in [2.05, 4.69) is 26.5 Å². The number of aromatic hydroxyl groups is 1. The lowest BCUT2D eigenvalue weighted by molar-refractivity contribution is -0.384. The molecule has 0 unspecified atom stereocenters. The summed E-state index contributed by atoms with van der Waals surface area (Å²) in [6.45, 7) is 0.172. The molecule has 1 amide bonds. The number of phenolic OH excluding ortho intramolecular Hbond substituents is 1. The number of nitrogens with one attached hydrogen (secondary N) is 1. The van der Waals surface area contributed by atoms with Crippen molar-refractivity contribution in [3.8, 4) is 17.2 Å². The normalized spacial score (nSPS) is 10.9. The van der Waals surface area contributed by atoms with Crippen LogP contribution in [-0.2, 0) is 6.61 Å². The number of carbonyl (C=O) groups excluding carboxylic acids is 1. The summed E-state index contributed by atoms with van der Waals surface area (Å²) in [6, 6.07) is 20.0. The van der Waals surface area contributed by atoms with Crippen LogP contribution in [0.5, 0.6) is 17.2 Å². The highest BCUT2D eigenvalue weighted by Crippen LogP contribution is 2.37. The van der Waals surface area contributed by atoms with Gasteiger partial charge in [-0.25, -0.2) is 5.43 Å². The molecular weight excluding hydrogens is 530 g/mol. The van der Waals surface area contributed by atoms with Crippen molar-refractivity contribution >= 4 is 44.5 Å². The van der Waals surface area contributed by atoms with E-state index in [9.17, 15) is 20.0 Å². The Hall–Kier alpha value is -4.44. The smallest absolute Gasteiger partial charge is 0.275 e. The number of benzene rings is 4. The van der Waals surface area contributed by atoms with E-state index in [1.165, 1.54) is 31.5 Å². The quantitative estimate of drug-likeness (QED) is 0.168. The van der Waals surface area contributed by atoms with Crippen LogP contribution in [0.25, 0.3) is 10.8 Å². The van der Waals surface area contributed by atoms with Crippen LogP contribution in [0.15, 0.2) is 82.4 Å². The number of hydrogen-bond donors (Lipinski definition) is 2. The van der Waals surface area contributed by atoms with E-state index in [0.717, 1.165) is 16.3 Å². The number of hydrogen-bond acceptors (Lipinski definition) is 7. The van der Waals surface area contributed by atoms with Crippen molar-refractivity contribution in [1.29, 1.82) is 0 Å². The molecule has 0 fully saturated rings. The molecule has 0 spiro atoms. The number of carbonyl (C=O) groups is 1. The Bertz CT molecular complexity index is 1470. The largest absolute Gasteiger partial charge is 0.507 e. The number of non-ortho nitro benzene ring substituents is 1. The fraction of sp³-hybridized carbons (Fsp3) is 0.0769.